The molecular weight excluding hydrogens is 202 g/mol. The fourth-order valence-electron chi connectivity index (χ4n) is 3.01. The number of carbonyl (C=O) groups is 1. The van der Waals surface area contributed by atoms with E-state index in [4.69, 9.17) is 5.11 Å². The molecule has 2 atom stereocenters. The van der Waals surface area contributed by atoms with Gasteiger partial charge in [-0.3, -0.25) is 9.69 Å². The predicted octanol–water partition coefficient (Wildman–Crippen LogP) is 2.61. The molecule has 0 spiro atoms. The maximum Gasteiger partial charge on any atom is 0.317 e. The molecule has 1 saturated carbocycles. The van der Waals surface area contributed by atoms with Crippen LogP contribution in [-0.4, -0.2) is 35.1 Å². The Morgan fingerprint density at radius 1 is 1.38 bits per heavy atom. The molecule has 0 aromatic rings. The van der Waals surface area contributed by atoms with Gasteiger partial charge in [0.15, 0.2) is 0 Å². The summed E-state index contributed by atoms with van der Waals surface area (Å²) in [4.78, 5) is 13.0. The molecule has 3 heteroatoms. The molecule has 3 nitrogen and oxygen atoms in total. The minimum atomic E-state index is -0.699. The van der Waals surface area contributed by atoms with Crippen molar-refractivity contribution in [1.82, 2.24) is 4.90 Å². The van der Waals surface area contributed by atoms with Crippen LogP contribution in [-0.2, 0) is 4.79 Å². The summed E-state index contributed by atoms with van der Waals surface area (Å²) in [6.45, 7) is 7.63. The van der Waals surface area contributed by atoms with Gasteiger partial charge in [-0.1, -0.05) is 33.6 Å². The number of likely N-dealkylation sites (N-methyl/N-ethyl adjacent to an activating group) is 1. The zero-order valence-corrected chi connectivity index (χ0v) is 10.8. The molecule has 0 heterocycles. The van der Waals surface area contributed by atoms with Crippen molar-refractivity contribution in [3.05, 3.63) is 0 Å². The van der Waals surface area contributed by atoms with E-state index in [1.807, 2.05) is 0 Å². The highest BCUT2D eigenvalue weighted by Gasteiger charge is 2.31. The molecule has 1 aliphatic carbocycles. The first-order valence-electron chi connectivity index (χ1n) is 6.52. The average Bonchev–Trinajstić information content (AvgIpc) is 2.25. The second-order valence-corrected chi connectivity index (χ2v) is 5.22. The lowest BCUT2D eigenvalue weighted by Gasteiger charge is -2.41. The molecule has 0 aromatic heterocycles. The van der Waals surface area contributed by atoms with Gasteiger partial charge in [-0.15, -0.1) is 0 Å². The van der Waals surface area contributed by atoms with Crippen molar-refractivity contribution in [2.45, 2.75) is 52.5 Å². The average molecular weight is 227 g/mol. The van der Waals surface area contributed by atoms with Crippen molar-refractivity contribution in [3.8, 4) is 0 Å². The molecule has 0 amide bonds. The summed E-state index contributed by atoms with van der Waals surface area (Å²) in [5.41, 5.74) is 0. The Morgan fingerprint density at radius 3 is 2.50 bits per heavy atom. The first-order valence-corrected chi connectivity index (χ1v) is 6.52. The zero-order valence-electron chi connectivity index (χ0n) is 10.8. The van der Waals surface area contributed by atoms with Crippen LogP contribution >= 0.6 is 0 Å². The molecular formula is C13H25NO2. The van der Waals surface area contributed by atoms with Crippen LogP contribution in [0.3, 0.4) is 0 Å². The van der Waals surface area contributed by atoms with Gasteiger partial charge in [0.05, 0.1) is 6.54 Å². The molecule has 1 N–H and O–H groups in total. The van der Waals surface area contributed by atoms with Crippen LogP contribution in [0, 0.1) is 11.8 Å². The van der Waals surface area contributed by atoms with Crippen LogP contribution in [0.25, 0.3) is 0 Å². The van der Waals surface area contributed by atoms with E-state index in [-0.39, 0.29) is 6.54 Å². The number of aliphatic carboxylic acids is 1. The zero-order chi connectivity index (χ0) is 12.1. The number of carboxylic acids is 1. The summed E-state index contributed by atoms with van der Waals surface area (Å²) >= 11 is 0. The highest BCUT2D eigenvalue weighted by Crippen LogP contribution is 2.33. The van der Waals surface area contributed by atoms with Crippen LogP contribution < -0.4 is 0 Å². The van der Waals surface area contributed by atoms with E-state index >= 15 is 0 Å². The van der Waals surface area contributed by atoms with Gasteiger partial charge in [-0.2, -0.15) is 0 Å². The van der Waals surface area contributed by atoms with Crippen LogP contribution in [0.2, 0.25) is 0 Å². The van der Waals surface area contributed by atoms with Gasteiger partial charge >= 0.3 is 5.97 Å². The quantitative estimate of drug-likeness (QED) is 0.785. The maximum atomic E-state index is 10.8. The van der Waals surface area contributed by atoms with Gasteiger partial charge in [-0.05, 0) is 31.2 Å². The highest BCUT2D eigenvalue weighted by molar-refractivity contribution is 5.69. The lowest BCUT2D eigenvalue weighted by Crippen LogP contribution is -2.46. The second kappa shape index (κ2) is 6.24. The van der Waals surface area contributed by atoms with E-state index < -0.39 is 5.97 Å². The first kappa shape index (κ1) is 13.5. The van der Waals surface area contributed by atoms with E-state index in [1.54, 1.807) is 0 Å². The number of carboxylic acid groups (broad SMARTS) is 1. The van der Waals surface area contributed by atoms with Gasteiger partial charge in [0.1, 0.15) is 0 Å². The lowest BCUT2D eigenvalue weighted by molar-refractivity contribution is -0.139. The minimum Gasteiger partial charge on any atom is -0.480 e. The monoisotopic (exact) mass is 227 g/mol. The van der Waals surface area contributed by atoms with Gasteiger partial charge in [-0.25, -0.2) is 0 Å². The summed E-state index contributed by atoms with van der Waals surface area (Å²) in [5.74, 6) is 0.635. The summed E-state index contributed by atoms with van der Waals surface area (Å²) in [6, 6.07) is 0.481. The fourth-order valence-corrected chi connectivity index (χ4v) is 3.01. The molecule has 94 valence electrons. The highest BCUT2D eigenvalue weighted by atomic mass is 16.4. The normalized spacial score (nSPS) is 26.3. The Morgan fingerprint density at radius 2 is 2.00 bits per heavy atom. The van der Waals surface area contributed by atoms with Gasteiger partial charge < -0.3 is 5.11 Å². The SMILES string of the molecule is CCN(CC(=O)O)C1CCCCC1C(C)C. The minimum absolute atomic E-state index is 0.199. The fraction of sp³-hybridized carbons (Fsp3) is 0.923. The summed E-state index contributed by atoms with van der Waals surface area (Å²) in [6.07, 6.45) is 5.00. The number of hydrogen-bond acceptors (Lipinski definition) is 2. The van der Waals surface area contributed by atoms with Crippen molar-refractivity contribution in [3.63, 3.8) is 0 Å². The van der Waals surface area contributed by atoms with E-state index in [2.05, 4.69) is 25.7 Å². The Hall–Kier alpha value is -0.570. The van der Waals surface area contributed by atoms with E-state index in [0.717, 1.165) is 6.54 Å². The van der Waals surface area contributed by atoms with Crippen LogP contribution in [0.1, 0.15) is 46.5 Å². The molecule has 16 heavy (non-hydrogen) atoms. The maximum absolute atomic E-state index is 10.8. The third-order valence-corrected chi connectivity index (χ3v) is 3.85. The Kier molecular flexibility index (Phi) is 5.26. The lowest BCUT2D eigenvalue weighted by atomic mass is 9.77. The number of nitrogens with zero attached hydrogens (tertiary/aromatic N) is 1. The van der Waals surface area contributed by atoms with Crippen molar-refractivity contribution in [1.29, 1.82) is 0 Å². The molecule has 0 saturated heterocycles. The molecule has 1 fully saturated rings. The Labute approximate surface area is 98.8 Å². The Bertz CT molecular complexity index is 228. The second-order valence-electron chi connectivity index (χ2n) is 5.22. The van der Waals surface area contributed by atoms with Gasteiger partial charge in [0, 0.05) is 6.04 Å². The topological polar surface area (TPSA) is 40.5 Å². The summed E-state index contributed by atoms with van der Waals surface area (Å²) in [5, 5.41) is 8.93. The third kappa shape index (κ3) is 3.48. The molecule has 0 aliphatic heterocycles. The van der Waals surface area contributed by atoms with E-state index in [0.29, 0.717) is 17.9 Å². The number of hydrogen-bond donors (Lipinski definition) is 1. The Balaban J connectivity index is 2.67. The predicted molar refractivity (Wildman–Crippen MR) is 65.5 cm³/mol. The van der Waals surface area contributed by atoms with Gasteiger partial charge in [0.2, 0.25) is 0 Å². The molecule has 1 rings (SSSR count). The van der Waals surface area contributed by atoms with E-state index in [1.165, 1.54) is 25.7 Å². The summed E-state index contributed by atoms with van der Waals surface area (Å²) < 4.78 is 0. The van der Waals surface area contributed by atoms with Crippen LogP contribution in [0.15, 0.2) is 0 Å². The van der Waals surface area contributed by atoms with Crippen LogP contribution in [0.5, 0.6) is 0 Å². The molecule has 0 bridgehead atoms. The van der Waals surface area contributed by atoms with Crippen molar-refractivity contribution in [2.75, 3.05) is 13.1 Å². The molecule has 2 unspecified atom stereocenters. The van der Waals surface area contributed by atoms with Crippen LogP contribution in [0.4, 0.5) is 0 Å². The number of rotatable bonds is 5. The van der Waals surface area contributed by atoms with E-state index in [9.17, 15) is 4.79 Å². The van der Waals surface area contributed by atoms with Gasteiger partial charge in [0.25, 0.3) is 0 Å². The summed E-state index contributed by atoms with van der Waals surface area (Å²) in [7, 11) is 0. The van der Waals surface area contributed by atoms with Crippen molar-refractivity contribution < 1.29 is 9.90 Å². The van der Waals surface area contributed by atoms with Crippen molar-refractivity contribution in [2.24, 2.45) is 11.8 Å². The standard InChI is InChI=1S/C13H25NO2/c1-4-14(9-13(15)16)12-8-6-5-7-11(12)10(2)3/h10-12H,4-9H2,1-3H3,(H,15,16). The molecule has 1 aliphatic rings. The first-order chi connectivity index (χ1) is 7.56. The molecule has 0 radical (unpaired) electrons. The molecule has 0 aromatic carbocycles. The largest absolute Gasteiger partial charge is 0.480 e. The smallest absolute Gasteiger partial charge is 0.317 e. The van der Waals surface area contributed by atoms with Crippen molar-refractivity contribution >= 4 is 5.97 Å². The third-order valence-electron chi connectivity index (χ3n) is 3.85.